The van der Waals surface area contributed by atoms with E-state index in [1.165, 1.54) is 0 Å². The highest BCUT2D eigenvalue weighted by molar-refractivity contribution is 14.1. The van der Waals surface area contributed by atoms with E-state index in [0.29, 0.717) is 19.5 Å². The number of hydrogen-bond donors (Lipinski definition) is 1. The maximum Gasteiger partial charge on any atom is 0.254 e. The van der Waals surface area contributed by atoms with Gasteiger partial charge in [0.1, 0.15) is 0 Å². The topological polar surface area (TPSA) is 40.5 Å². The van der Waals surface area contributed by atoms with Crippen molar-refractivity contribution in [3.63, 3.8) is 0 Å². The number of carbonyl (C=O) groups excluding carboxylic acids is 1. The Morgan fingerprint density at radius 1 is 1.71 bits per heavy atom. The molecule has 0 spiro atoms. The number of amides is 1. The average molecular weight is 323 g/mol. The molecule has 1 saturated heterocycles. The minimum Gasteiger partial charge on any atom is -0.391 e. The summed E-state index contributed by atoms with van der Waals surface area (Å²) in [6.45, 7) is 1.15. The normalized spacial score (nSPS) is 21.6. The molecule has 0 bridgehead atoms. The number of aliphatic hydroxyl groups excluding tert-OH is 1. The lowest BCUT2D eigenvalue weighted by molar-refractivity contribution is 0.0765. The molecule has 1 atom stereocenters. The first kappa shape index (κ1) is 10.4. The van der Waals surface area contributed by atoms with Crippen LogP contribution in [0.2, 0.25) is 0 Å². The van der Waals surface area contributed by atoms with Gasteiger partial charge in [0.05, 0.1) is 14.6 Å². The average Bonchev–Trinajstić information content (AvgIpc) is 2.73. The molecule has 0 aromatic carbocycles. The van der Waals surface area contributed by atoms with Crippen LogP contribution in [0.15, 0.2) is 11.4 Å². The first-order chi connectivity index (χ1) is 6.66. The Kier molecular flexibility index (Phi) is 3.08. The molecule has 3 nitrogen and oxygen atoms in total. The fraction of sp³-hybridized carbons (Fsp3) is 0.444. The number of thiophene rings is 1. The van der Waals surface area contributed by atoms with E-state index in [4.69, 9.17) is 0 Å². The van der Waals surface area contributed by atoms with E-state index in [0.717, 1.165) is 8.45 Å². The van der Waals surface area contributed by atoms with Crippen LogP contribution in [-0.4, -0.2) is 35.1 Å². The molecule has 1 unspecified atom stereocenters. The second kappa shape index (κ2) is 4.16. The zero-order chi connectivity index (χ0) is 10.1. The highest BCUT2D eigenvalue weighted by Crippen LogP contribution is 2.20. The molecule has 14 heavy (non-hydrogen) atoms. The Labute approximate surface area is 99.9 Å². The monoisotopic (exact) mass is 323 g/mol. The SMILES string of the molecule is O=C(c1csc(I)c1)N1CCC(O)C1. The van der Waals surface area contributed by atoms with Crippen LogP contribution < -0.4 is 0 Å². The third kappa shape index (κ3) is 2.09. The smallest absolute Gasteiger partial charge is 0.254 e. The van der Waals surface area contributed by atoms with Gasteiger partial charge in [-0.2, -0.15) is 0 Å². The van der Waals surface area contributed by atoms with Gasteiger partial charge in [0.25, 0.3) is 5.91 Å². The third-order valence-electron chi connectivity index (χ3n) is 2.26. The molecule has 1 N–H and O–H groups in total. The number of rotatable bonds is 1. The molecule has 1 aromatic heterocycles. The van der Waals surface area contributed by atoms with Crippen molar-refractivity contribution in [3.05, 3.63) is 19.9 Å². The summed E-state index contributed by atoms with van der Waals surface area (Å²) in [5.41, 5.74) is 0.744. The summed E-state index contributed by atoms with van der Waals surface area (Å²) in [5, 5.41) is 11.2. The summed E-state index contributed by atoms with van der Waals surface area (Å²) in [4.78, 5) is 13.5. The van der Waals surface area contributed by atoms with Crippen molar-refractivity contribution in [2.75, 3.05) is 13.1 Å². The van der Waals surface area contributed by atoms with Gasteiger partial charge in [0.15, 0.2) is 0 Å². The summed E-state index contributed by atoms with van der Waals surface area (Å²) in [6, 6.07) is 1.89. The maximum absolute atomic E-state index is 11.8. The van der Waals surface area contributed by atoms with Crippen LogP contribution in [0.25, 0.3) is 0 Å². The standard InChI is InChI=1S/C9H10INO2S/c10-8-3-6(5-14-8)9(13)11-2-1-7(12)4-11/h3,5,7,12H,1-2,4H2. The van der Waals surface area contributed by atoms with Gasteiger partial charge in [-0.25, -0.2) is 0 Å². The van der Waals surface area contributed by atoms with Gasteiger partial charge in [-0.1, -0.05) is 0 Å². The molecule has 1 aliphatic rings. The summed E-state index contributed by atoms with van der Waals surface area (Å²) in [7, 11) is 0. The molecular formula is C9H10INO2S. The fourth-order valence-electron chi connectivity index (χ4n) is 1.53. The van der Waals surface area contributed by atoms with Crippen LogP contribution in [0.5, 0.6) is 0 Å². The van der Waals surface area contributed by atoms with E-state index in [1.807, 2.05) is 11.4 Å². The van der Waals surface area contributed by atoms with Crippen LogP contribution in [0, 0.1) is 2.88 Å². The predicted molar refractivity (Wildman–Crippen MR) is 63.6 cm³/mol. The van der Waals surface area contributed by atoms with Crippen LogP contribution in [0.1, 0.15) is 16.8 Å². The molecule has 0 radical (unpaired) electrons. The number of hydrogen-bond acceptors (Lipinski definition) is 3. The van der Waals surface area contributed by atoms with Crippen LogP contribution >= 0.6 is 33.9 Å². The molecule has 1 amide bonds. The second-order valence-corrected chi connectivity index (χ2v) is 6.14. The summed E-state index contributed by atoms with van der Waals surface area (Å²) in [5.74, 6) is 0.0423. The van der Waals surface area contributed by atoms with Crippen LogP contribution in [0.3, 0.4) is 0 Å². The first-order valence-electron chi connectivity index (χ1n) is 4.38. The lowest BCUT2D eigenvalue weighted by Gasteiger charge is -2.13. The number of carbonyl (C=O) groups is 1. The fourth-order valence-corrected chi connectivity index (χ4v) is 2.85. The van der Waals surface area contributed by atoms with Gasteiger partial charge in [-0.15, -0.1) is 11.3 Å². The largest absolute Gasteiger partial charge is 0.391 e. The van der Waals surface area contributed by atoms with Crippen LogP contribution in [-0.2, 0) is 0 Å². The molecule has 2 rings (SSSR count). The van der Waals surface area contributed by atoms with Gasteiger partial charge in [-0.3, -0.25) is 4.79 Å². The third-order valence-corrected chi connectivity index (χ3v) is 4.05. The van der Waals surface area contributed by atoms with Crippen LogP contribution in [0.4, 0.5) is 0 Å². The highest BCUT2D eigenvalue weighted by Gasteiger charge is 2.25. The Hall–Kier alpha value is -0.140. The van der Waals surface area contributed by atoms with Crippen molar-refractivity contribution in [1.82, 2.24) is 4.90 Å². The molecule has 0 saturated carbocycles. The molecule has 1 aromatic rings. The molecule has 0 aliphatic carbocycles. The van der Waals surface area contributed by atoms with Gasteiger partial charge in [-0.05, 0) is 35.1 Å². The number of nitrogens with zero attached hydrogens (tertiary/aromatic N) is 1. The van der Waals surface area contributed by atoms with E-state index in [9.17, 15) is 9.90 Å². The number of likely N-dealkylation sites (tertiary alicyclic amines) is 1. The number of β-amino-alcohol motifs (C(OH)–C–C–N with tert-alkyl or cyclic N) is 1. The maximum atomic E-state index is 11.8. The van der Waals surface area contributed by atoms with Crippen molar-refractivity contribution in [1.29, 1.82) is 0 Å². The van der Waals surface area contributed by atoms with Gasteiger partial charge < -0.3 is 10.0 Å². The van der Waals surface area contributed by atoms with Crippen molar-refractivity contribution >= 4 is 39.8 Å². The van der Waals surface area contributed by atoms with Gasteiger partial charge in [0, 0.05) is 18.5 Å². The second-order valence-electron chi connectivity index (χ2n) is 3.33. The molecule has 1 aliphatic heterocycles. The van der Waals surface area contributed by atoms with E-state index in [2.05, 4.69) is 22.6 Å². The quantitative estimate of drug-likeness (QED) is 0.797. The molecule has 1 fully saturated rings. The van der Waals surface area contributed by atoms with E-state index < -0.39 is 0 Å². The zero-order valence-electron chi connectivity index (χ0n) is 7.44. The molecule has 5 heteroatoms. The van der Waals surface area contributed by atoms with Gasteiger partial charge in [0.2, 0.25) is 0 Å². The molecule has 76 valence electrons. The first-order valence-corrected chi connectivity index (χ1v) is 6.34. The molecule has 2 heterocycles. The minimum absolute atomic E-state index is 0.0423. The summed E-state index contributed by atoms with van der Waals surface area (Å²) >= 11 is 3.77. The lowest BCUT2D eigenvalue weighted by atomic mass is 10.3. The van der Waals surface area contributed by atoms with Crippen molar-refractivity contribution in [2.24, 2.45) is 0 Å². The van der Waals surface area contributed by atoms with Gasteiger partial charge >= 0.3 is 0 Å². The highest BCUT2D eigenvalue weighted by atomic mass is 127. The van der Waals surface area contributed by atoms with E-state index in [1.54, 1.807) is 16.2 Å². The number of aliphatic hydroxyl groups is 1. The van der Waals surface area contributed by atoms with Crippen molar-refractivity contribution < 1.29 is 9.90 Å². The zero-order valence-corrected chi connectivity index (χ0v) is 10.4. The molecular weight excluding hydrogens is 313 g/mol. The Balaban J connectivity index is 2.09. The van der Waals surface area contributed by atoms with Crippen molar-refractivity contribution in [3.8, 4) is 0 Å². The Bertz CT molecular complexity index is 352. The minimum atomic E-state index is -0.336. The summed E-state index contributed by atoms with van der Waals surface area (Å²) in [6.07, 6.45) is 0.365. The Morgan fingerprint density at radius 2 is 2.50 bits per heavy atom. The van der Waals surface area contributed by atoms with E-state index in [-0.39, 0.29) is 12.0 Å². The predicted octanol–water partition coefficient (Wildman–Crippen LogP) is 1.56. The lowest BCUT2D eigenvalue weighted by Crippen LogP contribution is -2.29. The summed E-state index contributed by atoms with van der Waals surface area (Å²) < 4.78 is 1.12. The number of halogens is 1. The van der Waals surface area contributed by atoms with E-state index >= 15 is 0 Å². The Morgan fingerprint density at radius 3 is 3.00 bits per heavy atom. The van der Waals surface area contributed by atoms with Crippen molar-refractivity contribution in [2.45, 2.75) is 12.5 Å².